The fourth-order valence-corrected chi connectivity index (χ4v) is 4.00. The van der Waals surface area contributed by atoms with Crippen LogP contribution < -0.4 is 5.32 Å². The number of benzene rings is 1. The number of thiophene rings is 1. The van der Waals surface area contributed by atoms with E-state index < -0.39 is 0 Å². The fraction of sp³-hybridized carbons (Fsp3) is 0.250. The molecule has 0 saturated carbocycles. The quantitative estimate of drug-likeness (QED) is 0.688. The highest BCUT2D eigenvalue weighted by Crippen LogP contribution is 2.31. The average molecular weight is 350 g/mol. The minimum absolute atomic E-state index is 0.286. The highest BCUT2D eigenvalue weighted by Gasteiger charge is 2.17. The van der Waals surface area contributed by atoms with Gasteiger partial charge in [-0.3, -0.25) is 0 Å². The Morgan fingerprint density at radius 3 is 2.85 bits per heavy atom. The molecule has 0 aliphatic heterocycles. The number of hydrogen-bond donors (Lipinski definition) is 1. The van der Waals surface area contributed by atoms with E-state index in [0.29, 0.717) is 0 Å². The molecule has 20 heavy (non-hydrogen) atoms. The van der Waals surface area contributed by atoms with Crippen molar-refractivity contribution in [1.29, 1.82) is 0 Å². The van der Waals surface area contributed by atoms with Gasteiger partial charge in [0.15, 0.2) is 0 Å². The predicted molar refractivity (Wildman–Crippen MR) is 88.4 cm³/mol. The number of rotatable bonds is 5. The Morgan fingerprint density at radius 1 is 1.25 bits per heavy atom. The zero-order valence-electron chi connectivity index (χ0n) is 11.2. The summed E-state index contributed by atoms with van der Waals surface area (Å²) in [5.41, 5.74) is 2.20. The second-order valence-electron chi connectivity index (χ2n) is 4.71. The molecule has 1 N–H and O–H groups in total. The van der Waals surface area contributed by atoms with Crippen LogP contribution in [0.5, 0.6) is 0 Å². The van der Waals surface area contributed by atoms with Gasteiger partial charge in [0, 0.05) is 28.3 Å². The monoisotopic (exact) mass is 349 g/mol. The summed E-state index contributed by atoms with van der Waals surface area (Å²) in [6, 6.07) is 12.8. The van der Waals surface area contributed by atoms with Crippen molar-refractivity contribution in [2.45, 2.75) is 19.4 Å². The van der Waals surface area contributed by atoms with Crippen LogP contribution in [0.4, 0.5) is 0 Å². The van der Waals surface area contributed by atoms with Gasteiger partial charge < -0.3 is 9.73 Å². The van der Waals surface area contributed by atoms with Gasteiger partial charge >= 0.3 is 0 Å². The molecule has 0 amide bonds. The number of halogens is 1. The minimum Gasteiger partial charge on any atom is -0.464 e. The first-order valence-electron chi connectivity index (χ1n) is 6.71. The summed E-state index contributed by atoms with van der Waals surface area (Å²) < 4.78 is 6.85. The minimum atomic E-state index is 0.286. The van der Waals surface area contributed by atoms with Crippen molar-refractivity contribution in [3.63, 3.8) is 0 Å². The van der Waals surface area contributed by atoms with Crippen molar-refractivity contribution in [2.24, 2.45) is 0 Å². The molecule has 0 saturated heterocycles. The van der Waals surface area contributed by atoms with Gasteiger partial charge in [0.25, 0.3) is 0 Å². The maximum atomic E-state index is 5.67. The van der Waals surface area contributed by atoms with Crippen LogP contribution in [0.15, 0.2) is 50.9 Å². The molecule has 104 valence electrons. The standard InChI is InChI=1S/C16H16BrNOS/c1-2-18-14(9-11-7-8-16(17)20-11)13-10-19-15-6-4-3-5-12(13)15/h3-8,10,14,18H,2,9H2,1H3. The van der Waals surface area contributed by atoms with Crippen LogP contribution in [0.3, 0.4) is 0 Å². The first kappa shape index (κ1) is 13.9. The Hall–Kier alpha value is -1.10. The molecule has 1 aromatic carbocycles. The molecule has 2 aromatic heterocycles. The van der Waals surface area contributed by atoms with E-state index in [1.54, 1.807) is 11.3 Å². The summed E-state index contributed by atoms with van der Waals surface area (Å²) in [6.45, 7) is 3.08. The molecule has 0 aliphatic rings. The van der Waals surface area contributed by atoms with Crippen molar-refractivity contribution in [2.75, 3.05) is 6.54 Å². The molecule has 2 nitrogen and oxygen atoms in total. The normalized spacial score (nSPS) is 12.9. The Morgan fingerprint density at radius 2 is 2.10 bits per heavy atom. The van der Waals surface area contributed by atoms with E-state index in [-0.39, 0.29) is 6.04 Å². The first-order valence-corrected chi connectivity index (χ1v) is 8.32. The van der Waals surface area contributed by atoms with Gasteiger partial charge in [-0.25, -0.2) is 0 Å². The summed E-state index contributed by atoms with van der Waals surface area (Å²) in [5.74, 6) is 0. The molecule has 0 fully saturated rings. The zero-order chi connectivity index (χ0) is 13.9. The van der Waals surface area contributed by atoms with Crippen LogP contribution in [-0.2, 0) is 6.42 Å². The smallest absolute Gasteiger partial charge is 0.134 e. The van der Waals surface area contributed by atoms with Gasteiger partial charge in [-0.2, -0.15) is 0 Å². The number of furan rings is 1. The SMILES string of the molecule is CCNC(Cc1ccc(Br)s1)c1coc2ccccc12. The second-order valence-corrected chi connectivity index (χ2v) is 7.25. The van der Waals surface area contributed by atoms with E-state index in [9.17, 15) is 0 Å². The Balaban J connectivity index is 1.93. The van der Waals surface area contributed by atoms with Crippen LogP contribution in [0.1, 0.15) is 23.4 Å². The van der Waals surface area contributed by atoms with E-state index >= 15 is 0 Å². The Labute approximate surface area is 130 Å². The predicted octanol–water partition coefficient (Wildman–Crippen LogP) is 5.15. The van der Waals surface area contributed by atoms with Crippen LogP contribution in [0.2, 0.25) is 0 Å². The van der Waals surface area contributed by atoms with E-state index in [0.717, 1.165) is 18.5 Å². The fourth-order valence-electron chi connectivity index (χ4n) is 2.47. The zero-order valence-corrected chi connectivity index (χ0v) is 13.6. The number of fused-ring (bicyclic) bond motifs is 1. The van der Waals surface area contributed by atoms with Gasteiger partial charge in [0.05, 0.1) is 10.0 Å². The van der Waals surface area contributed by atoms with E-state index in [4.69, 9.17) is 4.42 Å². The van der Waals surface area contributed by atoms with Gasteiger partial charge in [-0.15, -0.1) is 11.3 Å². The number of likely N-dealkylation sites (N-methyl/N-ethyl adjacent to an activating group) is 1. The second kappa shape index (κ2) is 6.12. The van der Waals surface area contributed by atoms with Gasteiger partial charge in [0.2, 0.25) is 0 Å². The summed E-state index contributed by atoms with van der Waals surface area (Å²) in [5, 5.41) is 4.77. The molecule has 1 atom stereocenters. The molecular formula is C16H16BrNOS. The summed E-state index contributed by atoms with van der Waals surface area (Å²) in [6.07, 6.45) is 2.87. The maximum Gasteiger partial charge on any atom is 0.134 e. The average Bonchev–Trinajstić information content (AvgIpc) is 3.04. The lowest BCUT2D eigenvalue weighted by atomic mass is 10.0. The Bertz CT molecular complexity index is 703. The number of para-hydroxylation sites is 1. The lowest BCUT2D eigenvalue weighted by Gasteiger charge is -2.16. The van der Waals surface area contributed by atoms with E-state index in [1.165, 1.54) is 19.6 Å². The van der Waals surface area contributed by atoms with E-state index in [1.807, 2.05) is 18.4 Å². The van der Waals surface area contributed by atoms with Crippen molar-refractivity contribution in [3.8, 4) is 0 Å². The van der Waals surface area contributed by atoms with Gasteiger partial charge in [-0.05, 0) is 40.7 Å². The van der Waals surface area contributed by atoms with Crippen LogP contribution in [0, 0.1) is 0 Å². The topological polar surface area (TPSA) is 25.2 Å². The molecule has 0 spiro atoms. The third-order valence-corrected chi connectivity index (χ3v) is 5.02. The first-order chi connectivity index (χ1) is 9.78. The van der Waals surface area contributed by atoms with Crippen LogP contribution >= 0.6 is 27.3 Å². The van der Waals surface area contributed by atoms with Crippen LogP contribution in [-0.4, -0.2) is 6.54 Å². The molecule has 2 heterocycles. The summed E-state index contributed by atoms with van der Waals surface area (Å²) in [7, 11) is 0. The summed E-state index contributed by atoms with van der Waals surface area (Å²) >= 11 is 5.32. The van der Waals surface area contributed by atoms with Gasteiger partial charge in [0.1, 0.15) is 5.58 Å². The molecule has 4 heteroatoms. The Kier molecular flexibility index (Phi) is 4.24. The van der Waals surface area contributed by atoms with Crippen molar-refractivity contribution < 1.29 is 4.42 Å². The highest BCUT2D eigenvalue weighted by molar-refractivity contribution is 9.11. The number of hydrogen-bond acceptors (Lipinski definition) is 3. The highest BCUT2D eigenvalue weighted by atomic mass is 79.9. The third-order valence-electron chi connectivity index (χ3n) is 3.37. The van der Waals surface area contributed by atoms with Crippen molar-refractivity contribution in [3.05, 3.63) is 56.9 Å². The van der Waals surface area contributed by atoms with Crippen LogP contribution in [0.25, 0.3) is 11.0 Å². The molecule has 0 radical (unpaired) electrons. The maximum absolute atomic E-state index is 5.67. The third kappa shape index (κ3) is 2.82. The largest absolute Gasteiger partial charge is 0.464 e. The lowest BCUT2D eigenvalue weighted by Crippen LogP contribution is -2.22. The summed E-state index contributed by atoms with van der Waals surface area (Å²) in [4.78, 5) is 1.37. The lowest BCUT2D eigenvalue weighted by molar-refractivity contribution is 0.538. The number of nitrogens with one attached hydrogen (secondary N) is 1. The molecule has 0 bridgehead atoms. The van der Waals surface area contributed by atoms with Crippen molar-refractivity contribution >= 4 is 38.2 Å². The van der Waals surface area contributed by atoms with Gasteiger partial charge in [-0.1, -0.05) is 25.1 Å². The van der Waals surface area contributed by atoms with Crippen molar-refractivity contribution in [1.82, 2.24) is 5.32 Å². The molecule has 1 unspecified atom stereocenters. The van der Waals surface area contributed by atoms with E-state index in [2.05, 4.69) is 52.4 Å². The molecule has 3 rings (SSSR count). The molecule has 0 aliphatic carbocycles. The molecule has 3 aromatic rings. The molecular weight excluding hydrogens is 334 g/mol.